The highest BCUT2D eigenvalue weighted by Gasteiger charge is 2.31. The predicted octanol–water partition coefficient (Wildman–Crippen LogP) is 3.10. The number of alkyl halides is 3. The molecule has 0 fully saturated rings. The summed E-state index contributed by atoms with van der Waals surface area (Å²) in [6, 6.07) is 5.03. The third kappa shape index (κ3) is 3.53. The summed E-state index contributed by atoms with van der Waals surface area (Å²) in [5.74, 6) is 0.587. The average molecular weight is 299 g/mol. The van der Waals surface area contributed by atoms with Gasteiger partial charge in [-0.2, -0.15) is 18.3 Å². The zero-order chi connectivity index (χ0) is 15.5. The van der Waals surface area contributed by atoms with Crippen LogP contribution in [0.15, 0.2) is 29.4 Å². The van der Waals surface area contributed by atoms with Crippen molar-refractivity contribution in [1.29, 1.82) is 0 Å². The van der Waals surface area contributed by atoms with Gasteiger partial charge in [0.15, 0.2) is 0 Å². The van der Waals surface area contributed by atoms with Crippen LogP contribution in [0.4, 0.5) is 18.9 Å². The van der Waals surface area contributed by atoms with Gasteiger partial charge in [-0.1, -0.05) is 13.0 Å². The molecule has 0 spiro atoms. The summed E-state index contributed by atoms with van der Waals surface area (Å²) in [7, 11) is 0. The number of amidine groups is 1. The lowest BCUT2D eigenvalue weighted by Gasteiger charge is -2.16. The number of amides is 1. The van der Waals surface area contributed by atoms with E-state index in [1.807, 2.05) is 6.92 Å². The molecule has 0 atom stereocenters. The van der Waals surface area contributed by atoms with E-state index in [0.717, 1.165) is 18.6 Å². The number of halogens is 3. The van der Waals surface area contributed by atoms with Crippen LogP contribution in [0.2, 0.25) is 0 Å². The lowest BCUT2D eigenvalue weighted by Crippen LogP contribution is -2.29. The van der Waals surface area contributed by atoms with Gasteiger partial charge in [-0.3, -0.25) is 9.80 Å². The molecule has 1 heterocycles. The number of anilines is 1. The Balaban J connectivity index is 2.20. The van der Waals surface area contributed by atoms with Gasteiger partial charge in [-0.05, 0) is 24.6 Å². The molecule has 1 aliphatic rings. The van der Waals surface area contributed by atoms with Crippen molar-refractivity contribution in [2.24, 2.45) is 5.10 Å². The zero-order valence-corrected chi connectivity index (χ0v) is 11.6. The highest BCUT2D eigenvalue weighted by molar-refractivity contribution is 5.93. The second-order valence-corrected chi connectivity index (χ2v) is 4.74. The van der Waals surface area contributed by atoms with Crippen LogP contribution in [-0.4, -0.2) is 30.2 Å². The van der Waals surface area contributed by atoms with Gasteiger partial charge in [0.05, 0.1) is 11.3 Å². The van der Waals surface area contributed by atoms with Gasteiger partial charge in [-0.15, -0.1) is 0 Å². The summed E-state index contributed by atoms with van der Waals surface area (Å²) >= 11 is 0. The van der Waals surface area contributed by atoms with Crippen LogP contribution in [0.1, 0.15) is 25.3 Å². The molecule has 0 bridgehead atoms. The maximum atomic E-state index is 12.7. The van der Waals surface area contributed by atoms with Crippen molar-refractivity contribution in [1.82, 2.24) is 4.90 Å². The molecule has 1 amide bonds. The number of hydrogen-bond acceptors (Lipinski definition) is 3. The number of hydrazone groups is 1. The molecule has 1 aliphatic heterocycles. The summed E-state index contributed by atoms with van der Waals surface area (Å²) in [6.45, 7) is 2.96. The zero-order valence-electron chi connectivity index (χ0n) is 11.6. The first-order valence-electron chi connectivity index (χ1n) is 6.70. The first kappa shape index (κ1) is 15.3. The van der Waals surface area contributed by atoms with E-state index in [0.29, 0.717) is 37.4 Å². The normalized spacial score (nSPS) is 15.0. The van der Waals surface area contributed by atoms with Crippen molar-refractivity contribution in [3.8, 4) is 0 Å². The standard InChI is InChI=1S/C14H16F3N3O/c1-2-7-19(10-21)13-6-8-20(18-13)12-5-3-4-11(9-12)14(15,16)17/h3-5,9-10H,2,6-8H2,1H3. The van der Waals surface area contributed by atoms with Crippen LogP contribution in [-0.2, 0) is 11.0 Å². The van der Waals surface area contributed by atoms with Gasteiger partial charge in [-0.25, -0.2) is 0 Å². The van der Waals surface area contributed by atoms with Crippen LogP contribution < -0.4 is 5.01 Å². The fraction of sp³-hybridized carbons (Fsp3) is 0.429. The molecule has 114 valence electrons. The Labute approximate surface area is 120 Å². The summed E-state index contributed by atoms with van der Waals surface area (Å²) in [6.07, 6.45) is -2.34. The Hall–Kier alpha value is -2.05. The first-order valence-corrected chi connectivity index (χ1v) is 6.70. The highest BCUT2D eigenvalue weighted by atomic mass is 19.4. The fourth-order valence-corrected chi connectivity index (χ4v) is 2.16. The van der Waals surface area contributed by atoms with Gasteiger partial charge in [0.2, 0.25) is 6.41 Å². The second-order valence-electron chi connectivity index (χ2n) is 4.74. The largest absolute Gasteiger partial charge is 0.416 e. The first-order chi connectivity index (χ1) is 9.95. The molecule has 4 nitrogen and oxygen atoms in total. The Morgan fingerprint density at radius 3 is 2.81 bits per heavy atom. The van der Waals surface area contributed by atoms with Crippen molar-refractivity contribution < 1.29 is 18.0 Å². The molecule has 0 aliphatic carbocycles. The smallest absolute Gasteiger partial charge is 0.301 e. The Kier molecular flexibility index (Phi) is 4.50. The van der Waals surface area contributed by atoms with Crippen molar-refractivity contribution in [3.05, 3.63) is 29.8 Å². The van der Waals surface area contributed by atoms with E-state index in [2.05, 4.69) is 5.10 Å². The summed E-state index contributed by atoms with van der Waals surface area (Å²) < 4.78 is 38.1. The van der Waals surface area contributed by atoms with Crippen LogP contribution in [0.25, 0.3) is 0 Å². The van der Waals surface area contributed by atoms with Crippen molar-refractivity contribution in [3.63, 3.8) is 0 Å². The number of hydrogen-bond donors (Lipinski definition) is 0. The maximum absolute atomic E-state index is 12.7. The highest BCUT2D eigenvalue weighted by Crippen LogP contribution is 2.32. The quantitative estimate of drug-likeness (QED) is 0.801. The van der Waals surface area contributed by atoms with Crippen LogP contribution in [0.3, 0.4) is 0 Å². The van der Waals surface area contributed by atoms with Gasteiger partial charge < -0.3 is 4.90 Å². The minimum absolute atomic E-state index is 0.377. The van der Waals surface area contributed by atoms with E-state index in [9.17, 15) is 18.0 Å². The van der Waals surface area contributed by atoms with Gasteiger partial charge in [0, 0.05) is 19.5 Å². The summed E-state index contributed by atoms with van der Waals surface area (Å²) in [5.41, 5.74) is -0.327. The van der Waals surface area contributed by atoms with E-state index in [4.69, 9.17) is 0 Å². The minimum Gasteiger partial charge on any atom is -0.301 e. The maximum Gasteiger partial charge on any atom is 0.416 e. The Morgan fingerprint density at radius 2 is 2.19 bits per heavy atom. The molecule has 0 unspecified atom stereocenters. The fourth-order valence-electron chi connectivity index (χ4n) is 2.16. The molecule has 1 aromatic carbocycles. The van der Waals surface area contributed by atoms with Crippen molar-refractivity contribution in [2.45, 2.75) is 25.9 Å². The predicted molar refractivity (Wildman–Crippen MR) is 73.9 cm³/mol. The van der Waals surface area contributed by atoms with E-state index >= 15 is 0 Å². The molecule has 1 aromatic rings. The van der Waals surface area contributed by atoms with Gasteiger partial charge >= 0.3 is 6.18 Å². The summed E-state index contributed by atoms with van der Waals surface area (Å²) in [5, 5.41) is 5.75. The van der Waals surface area contributed by atoms with Crippen LogP contribution in [0.5, 0.6) is 0 Å². The third-order valence-electron chi connectivity index (χ3n) is 3.18. The Bertz CT molecular complexity index is 543. The minimum atomic E-state index is -4.38. The average Bonchev–Trinajstić information content (AvgIpc) is 2.93. The third-order valence-corrected chi connectivity index (χ3v) is 3.18. The molecule has 21 heavy (non-hydrogen) atoms. The van der Waals surface area contributed by atoms with E-state index in [-0.39, 0.29) is 0 Å². The molecule has 0 saturated heterocycles. The van der Waals surface area contributed by atoms with Crippen molar-refractivity contribution in [2.75, 3.05) is 18.1 Å². The lowest BCUT2D eigenvalue weighted by atomic mass is 10.2. The molecule has 7 heteroatoms. The van der Waals surface area contributed by atoms with E-state index < -0.39 is 11.7 Å². The van der Waals surface area contributed by atoms with E-state index in [1.54, 1.807) is 6.07 Å². The molecule has 0 N–H and O–H groups in total. The SMILES string of the molecule is CCCN(C=O)C1=NN(c2cccc(C(F)(F)F)c2)CC1. The number of benzene rings is 1. The van der Waals surface area contributed by atoms with Gasteiger partial charge in [0.1, 0.15) is 5.84 Å². The molecule has 0 aromatic heterocycles. The number of nitrogens with zero attached hydrogens (tertiary/aromatic N) is 3. The van der Waals surface area contributed by atoms with E-state index in [1.165, 1.54) is 16.0 Å². The van der Waals surface area contributed by atoms with Crippen molar-refractivity contribution >= 4 is 17.9 Å². The topological polar surface area (TPSA) is 35.9 Å². The second kappa shape index (κ2) is 6.15. The lowest BCUT2D eigenvalue weighted by molar-refractivity contribution is -0.137. The number of carbonyl (C=O) groups excluding carboxylic acids is 1. The molecule has 0 radical (unpaired) electrons. The summed E-state index contributed by atoms with van der Waals surface area (Å²) in [4.78, 5) is 12.5. The molecule has 0 saturated carbocycles. The number of rotatable bonds is 4. The Morgan fingerprint density at radius 1 is 1.43 bits per heavy atom. The van der Waals surface area contributed by atoms with Gasteiger partial charge in [0.25, 0.3) is 0 Å². The molecular formula is C14H16F3N3O. The molecular weight excluding hydrogens is 283 g/mol. The van der Waals surface area contributed by atoms with Crippen LogP contribution in [0, 0.1) is 0 Å². The number of carbonyl (C=O) groups is 1. The monoisotopic (exact) mass is 299 g/mol. The van der Waals surface area contributed by atoms with Crippen LogP contribution >= 0.6 is 0 Å². The molecule has 2 rings (SSSR count).